The maximum absolute atomic E-state index is 11.3. The number of aromatic nitrogens is 3. The van der Waals surface area contributed by atoms with E-state index in [1.807, 2.05) is 4.90 Å². The number of nitrogens with zero attached hydrogens (tertiary/aromatic N) is 3. The van der Waals surface area contributed by atoms with Gasteiger partial charge in [-0.15, -0.1) is 0 Å². The molecule has 1 amide bonds. The molecule has 0 bridgehead atoms. The number of H-pyrrole nitrogens is 1. The van der Waals surface area contributed by atoms with Crippen LogP contribution in [0.2, 0.25) is 0 Å². The van der Waals surface area contributed by atoms with Crippen molar-refractivity contribution in [3.8, 4) is 11.3 Å². The molecule has 0 radical (unpaired) electrons. The van der Waals surface area contributed by atoms with Crippen molar-refractivity contribution in [2.24, 2.45) is 5.73 Å². The van der Waals surface area contributed by atoms with Crippen molar-refractivity contribution in [2.45, 2.75) is 12.5 Å². The third-order valence-corrected chi connectivity index (χ3v) is 3.41. The highest BCUT2D eigenvalue weighted by Gasteiger charge is 2.24. The summed E-state index contributed by atoms with van der Waals surface area (Å²) >= 11 is 0. The molecule has 1 saturated heterocycles. The average Bonchev–Trinajstić information content (AvgIpc) is 3.09. The summed E-state index contributed by atoms with van der Waals surface area (Å²) < 4.78 is 0. The molecule has 2 aromatic rings. The highest BCUT2D eigenvalue weighted by molar-refractivity contribution is 5.94. The zero-order chi connectivity index (χ0) is 14.1. The van der Waals surface area contributed by atoms with Gasteiger partial charge in [0.05, 0.1) is 17.4 Å². The molecule has 4 N–H and O–H groups in total. The Balaban J connectivity index is 2.07. The van der Waals surface area contributed by atoms with Gasteiger partial charge >= 0.3 is 0 Å². The molecule has 20 heavy (non-hydrogen) atoms. The van der Waals surface area contributed by atoms with Crippen LogP contribution < -0.4 is 10.6 Å². The minimum absolute atomic E-state index is 0.345. The number of pyridine rings is 1. The number of rotatable bonds is 3. The van der Waals surface area contributed by atoms with Crippen LogP contribution in [0.5, 0.6) is 0 Å². The number of carbonyl (C=O) groups excluding carboxylic acids is 1. The molecule has 3 rings (SSSR count). The standard InChI is InChI=1S/C13H15N5O2/c14-12(20)8-5-10(11-1-3-16-17-11)13(15-6-8)18-4-2-9(19)7-18/h1,3,5-6,9,19H,2,4,7H2,(H2,14,20)(H,16,17). The number of nitrogens with two attached hydrogens (primary N) is 1. The Kier molecular flexibility index (Phi) is 3.11. The van der Waals surface area contributed by atoms with Gasteiger partial charge in [0.2, 0.25) is 5.91 Å². The summed E-state index contributed by atoms with van der Waals surface area (Å²) in [4.78, 5) is 17.6. The summed E-state index contributed by atoms with van der Waals surface area (Å²) in [6.45, 7) is 1.26. The van der Waals surface area contributed by atoms with Crippen molar-refractivity contribution >= 4 is 11.7 Å². The maximum atomic E-state index is 11.3. The number of hydrogen-bond donors (Lipinski definition) is 3. The van der Waals surface area contributed by atoms with Crippen LogP contribution in [-0.2, 0) is 0 Å². The van der Waals surface area contributed by atoms with Crippen LogP contribution >= 0.6 is 0 Å². The van der Waals surface area contributed by atoms with Gasteiger partial charge in [-0.05, 0) is 18.6 Å². The molecular formula is C13H15N5O2. The van der Waals surface area contributed by atoms with Gasteiger partial charge in [-0.2, -0.15) is 5.10 Å². The number of aliphatic hydroxyl groups excluding tert-OH is 1. The fraction of sp³-hybridized carbons (Fsp3) is 0.308. The first kappa shape index (κ1) is 12.6. The third kappa shape index (κ3) is 2.23. The Morgan fingerprint density at radius 1 is 1.55 bits per heavy atom. The Labute approximate surface area is 115 Å². The number of aliphatic hydroxyl groups is 1. The minimum Gasteiger partial charge on any atom is -0.391 e. The summed E-state index contributed by atoms with van der Waals surface area (Å²) in [5.41, 5.74) is 7.17. The smallest absolute Gasteiger partial charge is 0.250 e. The number of amides is 1. The molecule has 0 spiro atoms. The van der Waals surface area contributed by atoms with Crippen molar-refractivity contribution in [3.63, 3.8) is 0 Å². The summed E-state index contributed by atoms with van der Waals surface area (Å²) in [5, 5.41) is 16.4. The normalized spacial score (nSPS) is 18.4. The minimum atomic E-state index is -0.522. The van der Waals surface area contributed by atoms with E-state index in [4.69, 9.17) is 5.73 Å². The molecule has 104 valence electrons. The first-order valence-electron chi connectivity index (χ1n) is 6.38. The summed E-state index contributed by atoms with van der Waals surface area (Å²) in [6.07, 6.45) is 3.46. The van der Waals surface area contributed by atoms with E-state index in [1.165, 1.54) is 6.20 Å². The molecule has 1 unspecified atom stereocenters. The van der Waals surface area contributed by atoms with Crippen LogP contribution in [0.3, 0.4) is 0 Å². The van der Waals surface area contributed by atoms with E-state index in [0.29, 0.717) is 18.5 Å². The maximum Gasteiger partial charge on any atom is 0.250 e. The number of hydrogen-bond acceptors (Lipinski definition) is 5. The Bertz CT molecular complexity index is 626. The molecule has 1 atom stereocenters. The van der Waals surface area contributed by atoms with Gasteiger partial charge in [-0.25, -0.2) is 4.98 Å². The second-order valence-corrected chi connectivity index (χ2v) is 4.82. The first-order valence-corrected chi connectivity index (χ1v) is 6.38. The molecule has 1 fully saturated rings. The molecule has 2 aromatic heterocycles. The largest absolute Gasteiger partial charge is 0.391 e. The number of carbonyl (C=O) groups is 1. The highest BCUT2D eigenvalue weighted by Crippen LogP contribution is 2.30. The third-order valence-electron chi connectivity index (χ3n) is 3.41. The Morgan fingerprint density at radius 2 is 2.40 bits per heavy atom. The molecule has 1 aliphatic rings. The van der Waals surface area contributed by atoms with Gasteiger partial charge in [0.1, 0.15) is 5.82 Å². The topological polar surface area (TPSA) is 108 Å². The van der Waals surface area contributed by atoms with E-state index in [1.54, 1.807) is 18.3 Å². The highest BCUT2D eigenvalue weighted by atomic mass is 16.3. The zero-order valence-corrected chi connectivity index (χ0v) is 10.8. The summed E-state index contributed by atoms with van der Waals surface area (Å²) in [7, 11) is 0. The number of nitrogens with one attached hydrogen (secondary N) is 1. The fourth-order valence-corrected chi connectivity index (χ4v) is 2.38. The van der Waals surface area contributed by atoms with Gasteiger partial charge in [0.15, 0.2) is 0 Å². The van der Waals surface area contributed by atoms with Crippen LogP contribution in [0.4, 0.5) is 5.82 Å². The number of β-amino-alcohol motifs (C(OH)–C–C–N with tert-alkyl or cyclic N) is 1. The van der Waals surface area contributed by atoms with Gasteiger partial charge in [0.25, 0.3) is 0 Å². The summed E-state index contributed by atoms with van der Waals surface area (Å²) in [5.74, 6) is 0.196. The van der Waals surface area contributed by atoms with Crippen LogP contribution in [0.15, 0.2) is 24.5 Å². The molecule has 0 aromatic carbocycles. The van der Waals surface area contributed by atoms with E-state index in [9.17, 15) is 9.90 Å². The van der Waals surface area contributed by atoms with Gasteiger partial charge < -0.3 is 15.7 Å². The average molecular weight is 273 g/mol. The van der Waals surface area contributed by atoms with Crippen LogP contribution in [0.1, 0.15) is 16.8 Å². The van der Waals surface area contributed by atoms with Crippen molar-refractivity contribution in [1.82, 2.24) is 15.2 Å². The lowest BCUT2D eigenvalue weighted by Gasteiger charge is -2.20. The van der Waals surface area contributed by atoms with Crippen molar-refractivity contribution < 1.29 is 9.90 Å². The fourth-order valence-electron chi connectivity index (χ4n) is 2.38. The lowest BCUT2D eigenvalue weighted by molar-refractivity contribution is 0.1000. The van der Waals surface area contributed by atoms with Crippen LogP contribution in [0, 0.1) is 0 Å². The molecule has 0 saturated carbocycles. The van der Waals surface area contributed by atoms with Gasteiger partial charge in [-0.3, -0.25) is 9.89 Å². The second kappa shape index (κ2) is 4.93. The summed E-state index contributed by atoms with van der Waals surface area (Å²) in [6, 6.07) is 3.50. The molecule has 0 aliphatic carbocycles. The molecule has 3 heterocycles. The van der Waals surface area contributed by atoms with E-state index in [0.717, 1.165) is 23.6 Å². The monoisotopic (exact) mass is 273 g/mol. The van der Waals surface area contributed by atoms with E-state index in [2.05, 4.69) is 15.2 Å². The molecule has 7 heteroatoms. The lowest BCUT2D eigenvalue weighted by atomic mass is 10.1. The van der Waals surface area contributed by atoms with E-state index in [-0.39, 0.29) is 6.10 Å². The zero-order valence-electron chi connectivity index (χ0n) is 10.8. The molecule has 1 aliphatic heterocycles. The number of anilines is 1. The Morgan fingerprint density at radius 3 is 3.00 bits per heavy atom. The second-order valence-electron chi connectivity index (χ2n) is 4.82. The SMILES string of the molecule is NC(=O)c1cnc(N2CCC(O)C2)c(-c2ccn[nH]2)c1. The van der Waals surface area contributed by atoms with E-state index < -0.39 is 5.91 Å². The van der Waals surface area contributed by atoms with Crippen LogP contribution in [0.25, 0.3) is 11.3 Å². The van der Waals surface area contributed by atoms with Gasteiger partial charge in [0, 0.05) is 31.0 Å². The lowest BCUT2D eigenvalue weighted by Crippen LogP contribution is -2.23. The van der Waals surface area contributed by atoms with E-state index >= 15 is 0 Å². The number of primary amides is 1. The van der Waals surface area contributed by atoms with Crippen LogP contribution in [-0.4, -0.2) is 45.4 Å². The predicted molar refractivity (Wildman–Crippen MR) is 73.2 cm³/mol. The van der Waals surface area contributed by atoms with Crippen molar-refractivity contribution in [3.05, 3.63) is 30.1 Å². The Hall–Kier alpha value is -2.41. The predicted octanol–water partition coefficient (Wildman–Crippen LogP) is 0.142. The van der Waals surface area contributed by atoms with Crippen molar-refractivity contribution in [2.75, 3.05) is 18.0 Å². The van der Waals surface area contributed by atoms with Crippen molar-refractivity contribution in [1.29, 1.82) is 0 Å². The van der Waals surface area contributed by atoms with Gasteiger partial charge in [-0.1, -0.05) is 0 Å². The first-order chi connectivity index (χ1) is 9.65. The quantitative estimate of drug-likeness (QED) is 0.737. The molecular weight excluding hydrogens is 258 g/mol. The number of aromatic amines is 1. The molecule has 7 nitrogen and oxygen atoms in total.